The van der Waals surface area contributed by atoms with Gasteiger partial charge in [-0.15, -0.1) is 0 Å². The molecule has 0 unspecified atom stereocenters. The van der Waals surface area contributed by atoms with Gasteiger partial charge in [0.25, 0.3) is 5.91 Å². The molecule has 2 aromatic rings. The third-order valence-corrected chi connectivity index (χ3v) is 4.74. The number of carboxylic acid groups (broad SMARTS) is 1. The maximum Gasteiger partial charge on any atom is 0.433 e. The second kappa shape index (κ2) is 8.06. The number of hydrogen-bond acceptors (Lipinski definition) is 5. The van der Waals surface area contributed by atoms with E-state index in [-0.39, 0.29) is 23.2 Å². The Labute approximate surface area is 164 Å². The van der Waals surface area contributed by atoms with Gasteiger partial charge in [0.1, 0.15) is 5.69 Å². The Morgan fingerprint density at radius 1 is 1.21 bits per heavy atom. The van der Waals surface area contributed by atoms with Gasteiger partial charge < -0.3 is 15.3 Å². The lowest BCUT2D eigenvalue weighted by Crippen LogP contribution is -2.41. The first-order chi connectivity index (χ1) is 13.7. The van der Waals surface area contributed by atoms with Gasteiger partial charge in [-0.25, -0.2) is 14.8 Å². The molecule has 0 aliphatic heterocycles. The van der Waals surface area contributed by atoms with Crippen LogP contribution in [0.15, 0.2) is 30.3 Å². The molecule has 154 valence electrons. The van der Waals surface area contributed by atoms with Gasteiger partial charge in [0.2, 0.25) is 5.95 Å². The van der Waals surface area contributed by atoms with E-state index in [9.17, 15) is 22.8 Å². The second-order valence-electron chi connectivity index (χ2n) is 6.64. The molecular formula is C19H19F3N4O3. The van der Waals surface area contributed by atoms with E-state index in [1.165, 1.54) is 24.3 Å². The molecule has 0 bridgehead atoms. The van der Waals surface area contributed by atoms with Crippen molar-refractivity contribution in [2.24, 2.45) is 0 Å². The average molecular weight is 408 g/mol. The van der Waals surface area contributed by atoms with Gasteiger partial charge in [0, 0.05) is 24.3 Å². The molecule has 7 nitrogen and oxygen atoms in total. The number of hydrogen-bond donors (Lipinski definition) is 2. The van der Waals surface area contributed by atoms with Crippen molar-refractivity contribution < 1.29 is 27.9 Å². The minimum atomic E-state index is -4.73. The van der Waals surface area contributed by atoms with E-state index in [2.05, 4.69) is 15.3 Å². The zero-order valence-electron chi connectivity index (χ0n) is 15.5. The number of anilines is 2. The summed E-state index contributed by atoms with van der Waals surface area (Å²) in [5.74, 6) is -2.10. The molecule has 1 amide bonds. The molecule has 1 aromatic heterocycles. The van der Waals surface area contributed by atoms with Crippen molar-refractivity contribution in [1.82, 2.24) is 9.97 Å². The molecule has 2 N–H and O–H groups in total. The molecule has 1 fully saturated rings. The quantitative estimate of drug-likeness (QED) is 0.754. The predicted octanol–water partition coefficient (Wildman–Crippen LogP) is 3.82. The van der Waals surface area contributed by atoms with Gasteiger partial charge in [-0.05, 0) is 50.5 Å². The summed E-state index contributed by atoms with van der Waals surface area (Å²) in [6, 6.07) is 5.92. The van der Waals surface area contributed by atoms with Crippen LogP contribution in [0.3, 0.4) is 0 Å². The summed E-state index contributed by atoms with van der Waals surface area (Å²) < 4.78 is 40.0. The Morgan fingerprint density at radius 2 is 1.86 bits per heavy atom. The predicted molar refractivity (Wildman–Crippen MR) is 99.0 cm³/mol. The van der Waals surface area contributed by atoms with Crippen LogP contribution in [0.4, 0.5) is 24.8 Å². The molecule has 1 aliphatic rings. The molecule has 0 saturated heterocycles. The highest BCUT2D eigenvalue weighted by Crippen LogP contribution is 2.32. The Kier molecular flexibility index (Phi) is 5.71. The van der Waals surface area contributed by atoms with Crippen molar-refractivity contribution in [3.05, 3.63) is 47.3 Å². The summed E-state index contributed by atoms with van der Waals surface area (Å²) in [6.45, 7) is 2.22. The zero-order chi connectivity index (χ0) is 21.2. The molecule has 10 heteroatoms. The van der Waals surface area contributed by atoms with Crippen molar-refractivity contribution in [2.45, 2.75) is 38.4 Å². The third-order valence-electron chi connectivity index (χ3n) is 4.74. The first kappa shape index (κ1) is 20.6. The minimum Gasteiger partial charge on any atom is -0.478 e. The van der Waals surface area contributed by atoms with E-state index in [0.29, 0.717) is 12.6 Å². The molecule has 1 aliphatic carbocycles. The fourth-order valence-corrected chi connectivity index (χ4v) is 2.98. The lowest BCUT2D eigenvalue weighted by molar-refractivity contribution is -0.141. The molecule has 1 aromatic carbocycles. The van der Waals surface area contributed by atoms with Gasteiger partial charge in [0.15, 0.2) is 5.69 Å². The minimum absolute atomic E-state index is 0.0192. The number of halogens is 3. The Balaban J connectivity index is 1.91. The number of carbonyl (C=O) groups excluding carboxylic acids is 1. The summed E-state index contributed by atoms with van der Waals surface area (Å²) in [6.07, 6.45) is -2.06. The number of rotatable bonds is 6. The van der Waals surface area contributed by atoms with Gasteiger partial charge in [-0.1, -0.05) is 0 Å². The van der Waals surface area contributed by atoms with Crippen LogP contribution in [-0.2, 0) is 6.18 Å². The number of nitrogens with one attached hydrogen (secondary N) is 1. The fourth-order valence-electron chi connectivity index (χ4n) is 2.98. The number of amides is 1. The molecule has 0 radical (unpaired) electrons. The summed E-state index contributed by atoms with van der Waals surface area (Å²) in [5.41, 5.74) is -1.35. The number of nitrogens with zero attached hydrogens (tertiary/aromatic N) is 3. The lowest BCUT2D eigenvalue weighted by atomic mass is 9.92. The van der Waals surface area contributed by atoms with Crippen LogP contribution >= 0.6 is 0 Å². The van der Waals surface area contributed by atoms with E-state index >= 15 is 0 Å². The zero-order valence-corrected chi connectivity index (χ0v) is 15.5. The largest absolute Gasteiger partial charge is 0.478 e. The van der Waals surface area contributed by atoms with Crippen LogP contribution in [0.25, 0.3) is 0 Å². The molecular weight excluding hydrogens is 389 g/mol. The van der Waals surface area contributed by atoms with E-state index in [4.69, 9.17) is 5.11 Å². The number of aromatic nitrogens is 2. The monoisotopic (exact) mass is 408 g/mol. The second-order valence-corrected chi connectivity index (χ2v) is 6.64. The number of benzene rings is 1. The van der Waals surface area contributed by atoms with Crippen LogP contribution in [0.1, 0.15) is 52.7 Å². The molecule has 0 atom stereocenters. The van der Waals surface area contributed by atoms with E-state index in [1.54, 1.807) is 11.8 Å². The van der Waals surface area contributed by atoms with Crippen LogP contribution in [-0.4, -0.2) is 39.5 Å². The Bertz CT molecular complexity index is 912. The number of aromatic carboxylic acids is 1. The van der Waals surface area contributed by atoms with Crippen molar-refractivity contribution in [1.29, 1.82) is 0 Å². The summed E-state index contributed by atoms with van der Waals surface area (Å²) in [4.78, 5) is 32.8. The van der Waals surface area contributed by atoms with Crippen molar-refractivity contribution in [3.63, 3.8) is 0 Å². The van der Waals surface area contributed by atoms with E-state index < -0.39 is 29.4 Å². The Morgan fingerprint density at radius 3 is 2.34 bits per heavy atom. The smallest absolute Gasteiger partial charge is 0.433 e. The SMILES string of the molecule is CCN(c1nc(C(=O)Nc2ccc(C(=O)O)cc2)cc(C(F)(F)F)n1)C1CCC1. The maximum atomic E-state index is 13.3. The average Bonchev–Trinajstić information content (AvgIpc) is 2.63. The first-order valence-corrected chi connectivity index (χ1v) is 9.06. The lowest BCUT2D eigenvalue weighted by Gasteiger charge is -2.37. The first-order valence-electron chi connectivity index (χ1n) is 9.06. The van der Waals surface area contributed by atoms with Gasteiger partial charge in [-0.3, -0.25) is 4.79 Å². The fraction of sp³-hybridized carbons (Fsp3) is 0.368. The highest BCUT2D eigenvalue weighted by atomic mass is 19.4. The third kappa shape index (κ3) is 4.64. The van der Waals surface area contributed by atoms with Crippen LogP contribution < -0.4 is 10.2 Å². The van der Waals surface area contributed by atoms with E-state index in [1.807, 2.05) is 0 Å². The summed E-state index contributed by atoms with van der Waals surface area (Å²) >= 11 is 0. The molecule has 3 rings (SSSR count). The highest BCUT2D eigenvalue weighted by Gasteiger charge is 2.36. The van der Waals surface area contributed by atoms with Gasteiger partial charge in [0.05, 0.1) is 5.56 Å². The number of carboxylic acids is 1. The number of alkyl halides is 3. The molecule has 1 saturated carbocycles. The number of carbonyl (C=O) groups is 2. The molecule has 29 heavy (non-hydrogen) atoms. The normalized spacial score (nSPS) is 14.2. The maximum absolute atomic E-state index is 13.3. The van der Waals surface area contributed by atoms with Gasteiger partial charge in [-0.2, -0.15) is 13.2 Å². The highest BCUT2D eigenvalue weighted by molar-refractivity contribution is 6.03. The summed E-state index contributed by atoms with van der Waals surface area (Å²) in [7, 11) is 0. The molecule has 1 heterocycles. The topological polar surface area (TPSA) is 95.4 Å². The van der Waals surface area contributed by atoms with Gasteiger partial charge >= 0.3 is 12.1 Å². The van der Waals surface area contributed by atoms with Crippen LogP contribution in [0, 0.1) is 0 Å². The van der Waals surface area contributed by atoms with Crippen molar-refractivity contribution in [3.8, 4) is 0 Å². The van der Waals surface area contributed by atoms with Crippen molar-refractivity contribution in [2.75, 3.05) is 16.8 Å². The van der Waals surface area contributed by atoms with Crippen molar-refractivity contribution >= 4 is 23.5 Å². The Hall–Kier alpha value is -3.17. The summed E-state index contributed by atoms with van der Waals surface area (Å²) in [5, 5.41) is 11.3. The molecule has 0 spiro atoms. The van der Waals surface area contributed by atoms with Crippen LogP contribution in [0.5, 0.6) is 0 Å². The van der Waals surface area contributed by atoms with Crippen LogP contribution in [0.2, 0.25) is 0 Å². The van der Waals surface area contributed by atoms with E-state index in [0.717, 1.165) is 19.3 Å². The standard InChI is InChI=1S/C19H19F3N4O3/c1-2-26(13-4-3-5-13)18-24-14(10-15(25-18)19(20,21)22)16(27)23-12-8-6-11(7-9-12)17(28)29/h6-10,13H,2-5H2,1H3,(H,23,27)(H,28,29).